The Bertz CT molecular complexity index is 2720. The third-order valence-corrected chi connectivity index (χ3v) is 11.5. The van der Waals surface area contributed by atoms with Crippen LogP contribution >= 0.6 is 46.4 Å². The molecule has 0 saturated carbocycles. The third kappa shape index (κ3) is 11.5. The van der Waals surface area contributed by atoms with Crippen LogP contribution in [0, 0.1) is 23.3 Å². The summed E-state index contributed by atoms with van der Waals surface area (Å²) in [5.74, 6) is 0.143. The van der Waals surface area contributed by atoms with Gasteiger partial charge in [-0.15, -0.1) is 0 Å². The number of benzene rings is 4. The molecule has 0 fully saturated rings. The number of rotatable bonds is 19. The molecule has 1 atom stereocenters. The minimum atomic E-state index is -1.39. The quantitative estimate of drug-likeness (QED) is 0.0661. The number of ether oxygens (including phenoxy) is 4. The lowest BCUT2D eigenvalue weighted by Gasteiger charge is -2.23. The molecule has 0 amide bonds. The van der Waals surface area contributed by atoms with E-state index < -0.39 is 18.0 Å². The van der Waals surface area contributed by atoms with Gasteiger partial charge in [-0.1, -0.05) is 82.8 Å². The molecular formula is C47H38Cl4N4O8. The van der Waals surface area contributed by atoms with Crippen molar-refractivity contribution in [3.05, 3.63) is 168 Å². The number of nitriles is 1. The van der Waals surface area contributed by atoms with Crippen LogP contribution in [0.3, 0.4) is 0 Å². The fourth-order valence-corrected chi connectivity index (χ4v) is 7.34. The van der Waals surface area contributed by atoms with Gasteiger partial charge in [-0.05, 0) is 55.2 Å². The van der Waals surface area contributed by atoms with E-state index in [-0.39, 0.29) is 61.7 Å². The van der Waals surface area contributed by atoms with Crippen molar-refractivity contribution in [1.82, 2.24) is 9.97 Å². The molecule has 0 saturated heterocycles. The highest BCUT2D eigenvalue weighted by Crippen LogP contribution is 2.41. The zero-order valence-electron chi connectivity index (χ0n) is 33.6. The van der Waals surface area contributed by atoms with Crippen LogP contribution in [0.2, 0.25) is 20.1 Å². The van der Waals surface area contributed by atoms with Crippen molar-refractivity contribution in [2.75, 3.05) is 6.61 Å². The lowest BCUT2D eigenvalue weighted by molar-refractivity contribution is -0.150. The van der Waals surface area contributed by atoms with E-state index in [1.54, 1.807) is 54.9 Å². The van der Waals surface area contributed by atoms with Crippen molar-refractivity contribution in [2.24, 2.45) is 5.41 Å². The summed E-state index contributed by atoms with van der Waals surface area (Å²) in [6.07, 6.45) is 6.38. The topological polar surface area (TPSA) is 169 Å². The van der Waals surface area contributed by atoms with Crippen molar-refractivity contribution < 1.29 is 39.1 Å². The maximum absolute atomic E-state index is 11.9. The molecular weight excluding hydrogens is 890 g/mol. The molecule has 6 aromatic rings. The maximum atomic E-state index is 11.9. The van der Waals surface area contributed by atoms with Crippen LogP contribution in [-0.4, -0.2) is 37.9 Å². The molecule has 12 nitrogen and oxygen atoms in total. The molecule has 63 heavy (non-hydrogen) atoms. The van der Waals surface area contributed by atoms with Crippen LogP contribution < -0.4 is 18.9 Å². The largest absolute Gasteiger partial charge is 0.488 e. The second-order valence-electron chi connectivity index (χ2n) is 14.5. The van der Waals surface area contributed by atoms with Crippen LogP contribution in [0.5, 0.6) is 23.0 Å². The lowest BCUT2D eigenvalue weighted by atomic mass is 9.85. The van der Waals surface area contributed by atoms with Crippen molar-refractivity contribution in [2.45, 2.75) is 52.8 Å². The Morgan fingerprint density at radius 2 is 1.24 bits per heavy atom. The second-order valence-corrected chi connectivity index (χ2v) is 16.1. The first-order valence-corrected chi connectivity index (χ1v) is 20.7. The Morgan fingerprint density at radius 3 is 1.76 bits per heavy atom. The van der Waals surface area contributed by atoms with Crippen LogP contribution in [-0.2, 0) is 44.2 Å². The number of carbonyl (C=O) groups is 1. The van der Waals surface area contributed by atoms with E-state index in [4.69, 9.17) is 71.9 Å². The molecule has 16 heteroatoms. The number of halogens is 4. The summed E-state index contributed by atoms with van der Waals surface area (Å²) in [6, 6.07) is 22.7. The van der Waals surface area contributed by atoms with Crippen LogP contribution in [0.15, 0.2) is 97.6 Å². The smallest absolute Gasteiger partial charge is 0.311 e. The van der Waals surface area contributed by atoms with Gasteiger partial charge in [-0.25, -0.2) is 4.85 Å². The number of pyridine rings is 2. The average molecular weight is 929 g/mol. The first-order chi connectivity index (χ1) is 30.4. The number of hydrogen-bond donors (Lipinski definition) is 3. The number of carboxylic acid groups (broad SMARTS) is 1. The Kier molecular flexibility index (Phi) is 15.7. The van der Waals surface area contributed by atoms with E-state index in [9.17, 15) is 25.4 Å². The normalized spacial score (nSPS) is 11.8. The summed E-state index contributed by atoms with van der Waals surface area (Å²) >= 11 is 27.3. The van der Waals surface area contributed by atoms with Gasteiger partial charge < -0.3 is 34.3 Å². The minimum Gasteiger partial charge on any atom is -0.488 e. The zero-order valence-corrected chi connectivity index (χ0v) is 36.6. The molecule has 322 valence electrons. The van der Waals surface area contributed by atoms with Gasteiger partial charge in [0.1, 0.15) is 55.5 Å². The summed E-state index contributed by atoms with van der Waals surface area (Å²) in [6.45, 7) is 8.05. The van der Waals surface area contributed by atoms with Gasteiger partial charge >= 0.3 is 5.97 Å². The van der Waals surface area contributed by atoms with Gasteiger partial charge in [0, 0.05) is 70.3 Å². The minimum absolute atomic E-state index is 0.00280. The second kappa shape index (κ2) is 21.3. The summed E-state index contributed by atoms with van der Waals surface area (Å²) in [5.41, 5.74) is 4.22. The molecule has 0 aliphatic carbocycles. The number of aryl methyl sites for hydroxylation is 1. The molecule has 0 bridgehead atoms. The SMILES string of the molecule is [C-]#[N+]c1cncc(COc2cc(OCc3cccc(-c4cccc(COc5cc(OCc6cncc(C#N)c6)c(CO)cc5Cl)c4Cl)c3Cl)c(Cl)cc2CC[C@](C)(CO)C(=O)O)c1. The van der Waals surface area contributed by atoms with Gasteiger partial charge in [0.2, 0.25) is 5.69 Å². The van der Waals surface area contributed by atoms with E-state index >= 15 is 0 Å². The maximum Gasteiger partial charge on any atom is 0.311 e. The van der Waals surface area contributed by atoms with E-state index in [1.165, 1.54) is 19.3 Å². The number of aromatic nitrogens is 2. The molecule has 2 aromatic heterocycles. The summed E-state index contributed by atoms with van der Waals surface area (Å²) in [7, 11) is 0. The highest BCUT2D eigenvalue weighted by Gasteiger charge is 2.32. The predicted molar refractivity (Wildman–Crippen MR) is 239 cm³/mol. The summed E-state index contributed by atoms with van der Waals surface area (Å²) in [5, 5.41) is 40.0. The Morgan fingerprint density at radius 1 is 0.714 bits per heavy atom. The summed E-state index contributed by atoms with van der Waals surface area (Å²) < 4.78 is 24.5. The molecule has 0 unspecified atom stereocenters. The zero-order chi connectivity index (χ0) is 45.1. The van der Waals surface area contributed by atoms with Crippen molar-refractivity contribution in [3.63, 3.8) is 0 Å². The van der Waals surface area contributed by atoms with Gasteiger partial charge in [0.25, 0.3) is 0 Å². The molecule has 4 aromatic carbocycles. The third-order valence-electron chi connectivity index (χ3n) is 10.0. The number of aliphatic carboxylic acids is 1. The number of hydrogen-bond acceptors (Lipinski definition) is 10. The van der Waals surface area contributed by atoms with Crippen LogP contribution in [0.1, 0.15) is 52.3 Å². The van der Waals surface area contributed by atoms with E-state index in [1.807, 2.05) is 36.4 Å². The molecule has 6 rings (SSSR count). The highest BCUT2D eigenvalue weighted by molar-refractivity contribution is 6.37. The van der Waals surface area contributed by atoms with Gasteiger partial charge in [0.05, 0.1) is 50.9 Å². The van der Waals surface area contributed by atoms with Crippen LogP contribution in [0.4, 0.5) is 5.69 Å². The van der Waals surface area contributed by atoms with Crippen molar-refractivity contribution in [1.29, 1.82) is 5.26 Å². The van der Waals surface area contributed by atoms with E-state index in [0.717, 1.165) is 0 Å². The summed E-state index contributed by atoms with van der Waals surface area (Å²) in [4.78, 5) is 23.5. The first-order valence-electron chi connectivity index (χ1n) is 19.2. The van der Waals surface area contributed by atoms with E-state index in [2.05, 4.69) is 14.8 Å². The molecule has 3 N–H and O–H groups in total. The Labute approximate surface area is 383 Å². The molecule has 0 aliphatic heterocycles. The fourth-order valence-electron chi connectivity index (χ4n) is 6.30. The molecule has 2 heterocycles. The number of aliphatic hydroxyl groups is 2. The monoisotopic (exact) mass is 926 g/mol. The first kappa shape index (κ1) is 46.4. The lowest BCUT2D eigenvalue weighted by Crippen LogP contribution is -2.32. The predicted octanol–water partition coefficient (Wildman–Crippen LogP) is 11.0. The van der Waals surface area contributed by atoms with Gasteiger partial charge in [-0.2, -0.15) is 5.26 Å². The number of carboxylic acids is 1. The van der Waals surface area contributed by atoms with Crippen molar-refractivity contribution >= 4 is 58.1 Å². The molecule has 0 radical (unpaired) electrons. The molecule has 0 spiro atoms. The standard InChI is InChI=1S/C47H38Cl4N4O8/c1-47(27-57,46(58)59)10-9-31-13-38(48)42(15-40(31)60-24-30-12-35(53-2)21-55-20-30)62-25-32-5-3-7-36(44(32)50)37-8-4-6-33(45(37)51)26-63-43-16-41(34(22-56)14-39(43)49)61-23-29-11-28(17-52)18-54-19-29/h3-8,11-16,18-21,56-57H,9-10,22-27H2,1H3,(H,58,59)/t47-/m1/s1. The Balaban J connectivity index is 1.19. The fraction of sp³-hybridized carbons (Fsp3) is 0.213. The van der Waals surface area contributed by atoms with Gasteiger partial charge in [-0.3, -0.25) is 14.8 Å². The average Bonchev–Trinajstić information content (AvgIpc) is 3.29. The number of aliphatic hydroxyl groups excluding tert-OH is 2. The Hall–Kier alpha value is -6.09. The number of nitrogens with zero attached hydrogens (tertiary/aromatic N) is 4. The highest BCUT2D eigenvalue weighted by atomic mass is 35.5. The van der Waals surface area contributed by atoms with E-state index in [0.29, 0.717) is 83.1 Å². The molecule has 0 aliphatic rings. The van der Waals surface area contributed by atoms with Gasteiger partial charge in [0.15, 0.2) is 0 Å². The van der Waals surface area contributed by atoms with Crippen molar-refractivity contribution in [3.8, 4) is 40.2 Å². The van der Waals surface area contributed by atoms with Crippen LogP contribution in [0.25, 0.3) is 16.0 Å².